The van der Waals surface area contributed by atoms with Crippen molar-refractivity contribution in [2.24, 2.45) is 5.41 Å². The topological polar surface area (TPSA) is 36.7 Å². The summed E-state index contributed by atoms with van der Waals surface area (Å²) in [7, 11) is -0.446. The third-order valence-electron chi connectivity index (χ3n) is 6.44. The van der Waals surface area contributed by atoms with E-state index in [1.165, 1.54) is 21.5 Å². The Bertz CT molecular complexity index is 1230. The first kappa shape index (κ1) is 28.3. The van der Waals surface area contributed by atoms with E-state index in [1.54, 1.807) is 0 Å². The molecule has 36 heavy (non-hydrogen) atoms. The van der Waals surface area contributed by atoms with E-state index in [9.17, 15) is 0 Å². The smallest absolute Gasteiger partial charge is 0.147 e. The zero-order valence-corrected chi connectivity index (χ0v) is 24.0. The Kier molecular flexibility index (Phi) is 10.0. The molecular weight excluding hydrogens is 573 g/mol. The molecule has 0 amide bonds. The van der Waals surface area contributed by atoms with Gasteiger partial charge in [0.15, 0.2) is 0 Å². The van der Waals surface area contributed by atoms with Gasteiger partial charge in [-0.1, -0.05) is 116 Å². The second-order valence-electron chi connectivity index (χ2n) is 9.61. The second-order valence-corrected chi connectivity index (χ2v) is 12.2. The Morgan fingerprint density at radius 1 is 0.806 bits per heavy atom. The number of aryl methyl sites for hydroxylation is 1. The maximum absolute atomic E-state index is 9.16. The van der Waals surface area contributed by atoms with E-state index in [0.717, 1.165) is 30.5 Å². The zero-order chi connectivity index (χ0) is 24.8. The standard InChI is InChI=1S/C18H15P.C13H15ClN2.Pd/c1-4-10-16(11-5-1)19(17-12-6-2-7-13-17)18-14-8-3-9-15-18;1-8-9-4-5-13(2,3)6-10(9)11(7-15)12(14)16-8;/h1-15H;4-6H2,1-3H3;. The number of nitriles is 1. The van der Waals surface area contributed by atoms with E-state index in [1.807, 2.05) is 6.92 Å². The van der Waals surface area contributed by atoms with Gasteiger partial charge >= 0.3 is 0 Å². The van der Waals surface area contributed by atoms with Gasteiger partial charge in [0.05, 0.1) is 5.56 Å². The molecule has 3 aromatic carbocycles. The molecule has 0 saturated heterocycles. The van der Waals surface area contributed by atoms with E-state index in [2.05, 4.69) is 116 Å². The van der Waals surface area contributed by atoms with E-state index in [0.29, 0.717) is 10.7 Å². The van der Waals surface area contributed by atoms with Crippen molar-refractivity contribution in [2.75, 3.05) is 0 Å². The number of hydrogen-bond acceptors (Lipinski definition) is 2. The van der Waals surface area contributed by atoms with Gasteiger partial charge in [0.1, 0.15) is 11.2 Å². The van der Waals surface area contributed by atoms with Crippen LogP contribution in [-0.4, -0.2) is 4.98 Å². The SMILES string of the molecule is Cc1nc(Cl)c(C#N)c2c1CCC(C)(C)C2.[Pd].c1ccc(P(c2ccccc2)c2ccccc2)cc1. The average Bonchev–Trinajstić information content (AvgIpc) is 2.86. The minimum Gasteiger partial charge on any atom is -0.240 e. The number of benzene rings is 3. The van der Waals surface area contributed by atoms with Gasteiger partial charge in [-0.25, -0.2) is 4.98 Å². The van der Waals surface area contributed by atoms with Crippen LogP contribution in [-0.2, 0) is 33.3 Å². The molecule has 0 saturated carbocycles. The van der Waals surface area contributed by atoms with Gasteiger partial charge in [0, 0.05) is 26.1 Å². The molecule has 5 rings (SSSR count). The Balaban J connectivity index is 0.000000198. The number of hydrogen-bond donors (Lipinski definition) is 0. The van der Waals surface area contributed by atoms with Crippen LogP contribution in [0, 0.1) is 23.7 Å². The van der Waals surface area contributed by atoms with Crippen LogP contribution in [0.25, 0.3) is 0 Å². The summed E-state index contributed by atoms with van der Waals surface area (Å²) in [5.74, 6) is 0. The molecule has 0 atom stereocenters. The summed E-state index contributed by atoms with van der Waals surface area (Å²) in [6.07, 6.45) is 3.08. The number of fused-ring (bicyclic) bond motifs is 1. The van der Waals surface area contributed by atoms with Crippen molar-refractivity contribution in [2.45, 2.75) is 40.0 Å². The van der Waals surface area contributed by atoms with Crippen LogP contribution in [0.2, 0.25) is 5.15 Å². The fraction of sp³-hybridized carbons (Fsp3) is 0.226. The molecule has 0 radical (unpaired) electrons. The van der Waals surface area contributed by atoms with Crippen LogP contribution in [0.1, 0.15) is 42.7 Å². The minimum absolute atomic E-state index is 0. The average molecular weight is 603 g/mol. The van der Waals surface area contributed by atoms with Crippen molar-refractivity contribution in [1.82, 2.24) is 4.98 Å². The third-order valence-corrected chi connectivity index (χ3v) is 9.15. The Labute approximate surface area is 235 Å². The molecule has 1 heterocycles. The Hall–Kier alpha value is -2.32. The predicted octanol–water partition coefficient (Wildman–Crippen LogP) is 6.87. The Morgan fingerprint density at radius 2 is 1.25 bits per heavy atom. The van der Waals surface area contributed by atoms with Crippen molar-refractivity contribution in [3.8, 4) is 6.07 Å². The quantitative estimate of drug-likeness (QED) is 0.146. The normalized spacial score (nSPS) is 13.4. The maximum Gasteiger partial charge on any atom is 0.147 e. The monoisotopic (exact) mass is 602 g/mol. The van der Waals surface area contributed by atoms with Gasteiger partial charge in [-0.3, -0.25) is 0 Å². The zero-order valence-electron chi connectivity index (χ0n) is 20.8. The first-order valence-electron chi connectivity index (χ1n) is 11.9. The molecule has 2 nitrogen and oxygen atoms in total. The van der Waals surface area contributed by atoms with Crippen LogP contribution < -0.4 is 15.9 Å². The molecule has 0 unspecified atom stereocenters. The summed E-state index contributed by atoms with van der Waals surface area (Å²) < 4.78 is 0. The van der Waals surface area contributed by atoms with E-state index >= 15 is 0 Å². The first-order chi connectivity index (χ1) is 16.9. The van der Waals surface area contributed by atoms with Crippen molar-refractivity contribution in [1.29, 1.82) is 5.26 Å². The van der Waals surface area contributed by atoms with Gasteiger partial charge in [-0.2, -0.15) is 5.26 Å². The van der Waals surface area contributed by atoms with E-state index in [-0.39, 0.29) is 25.8 Å². The molecule has 4 aromatic rings. The molecule has 1 aliphatic carbocycles. The van der Waals surface area contributed by atoms with Crippen LogP contribution in [0.5, 0.6) is 0 Å². The number of halogens is 1. The van der Waals surface area contributed by atoms with Crippen molar-refractivity contribution in [3.63, 3.8) is 0 Å². The summed E-state index contributed by atoms with van der Waals surface area (Å²) in [6, 6.07) is 34.5. The van der Waals surface area contributed by atoms with Gasteiger partial charge < -0.3 is 0 Å². The summed E-state index contributed by atoms with van der Waals surface area (Å²) in [4.78, 5) is 4.25. The minimum atomic E-state index is -0.446. The van der Waals surface area contributed by atoms with Crippen LogP contribution in [0.15, 0.2) is 91.0 Å². The second kappa shape index (κ2) is 12.8. The molecular formula is C31H30ClN2PPd. The van der Waals surface area contributed by atoms with Crippen LogP contribution >= 0.6 is 19.5 Å². The summed E-state index contributed by atoms with van der Waals surface area (Å²) in [5, 5.41) is 13.7. The Morgan fingerprint density at radius 3 is 1.67 bits per heavy atom. The van der Waals surface area contributed by atoms with Crippen molar-refractivity contribution >= 4 is 35.4 Å². The molecule has 0 N–H and O–H groups in total. The third kappa shape index (κ3) is 6.71. The summed E-state index contributed by atoms with van der Waals surface area (Å²) in [6.45, 7) is 6.45. The fourth-order valence-corrected chi connectivity index (χ4v) is 7.20. The molecule has 0 aliphatic heterocycles. The molecule has 0 spiro atoms. The van der Waals surface area contributed by atoms with Gasteiger partial charge in [0.25, 0.3) is 0 Å². The van der Waals surface area contributed by atoms with Crippen molar-refractivity contribution < 1.29 is 20.4 Å². The largest absolute Gasteiger partial charge is 0.240 e. The molecule has 186 valence electrons. The van der Waals surface area contributed by atoms with E-state index < -0.39 is 7.92 Å². The summed E-state index contributed by atoms with van der Waals surface area (Å²) >= 11 is 6.03. The molecule has 1 aromatic heterocycles. The molecule has 0 fully saturated rings. The number of pyridine rings is 1. The summed E-state index contributed by atoms with van der Waals surface area (Å²) in [5.41, 5.74) is 4.18. The number of aromatic nitrogens is 1. The number of rotatable bonds is 3. The van der Waals surface area contributed by atoms with E-state index in [4.69, 9.17) is 16.9 Å². The van der Waals surface area contributed by atoms with Crippen LogP contribution in [0.4, 0.5) is 0 Å². The fourth-order valence-electron chi connectivity index (χ4n) is 4.61. The maximum atomic E-state index is 9.16. The van der Waals surface area contributed by atoms with Crippen molar-refractivity contribution in [3.05, 3.63) is 119 Å². The molecule has 1 aliphatic rings. The molecule has 0 bridgehead atoms. The van der Waals surface area contributed by atoms with Gasteiger partial charge in [0.2, 0.25) is 0 Å². The van der Waals surface area contributed by atoms with Gasteiger partial charge in [-0.05, 0) is 66.6 Å². The molecule has 5 heteroatoms. The van der Waals surface area contributed by atoms with Crippen LogP contribution in [0.3, 0.4) is 0 Å². The first-order valence-corrected chi connectivity index (χ1v) is 13.6. The predicted molar refractivity (Wildman–Crippen MR) is 150 cm³/mol. The van der Waals surface area contributed by atoms with Gasteiger partial charge in [-0.15, -0.1) is 0 Å². The number of nitrogens with zero attached hydrogens (tertiary/aromatic N) is 2.